The zero-order valence-corrected chi connectivity index (χ0v) is 12.0. The number of ether oxygens (including phenoxy) is 1. The van der Waals surface area contributed by atoms with Gasteiger partial charge in [0.25, 0.3) is 0 Å². The number of esters is 1. The Morgan fingerprint density at radius 3 is 2.95 bits per heavy atom. The zero-order chi connectivity index (χ0) is 15.5. The maximum absolute atomic E-state index is 12.1. The summed E-state index contributed by atoms with van der Waals surface area (Å²) in [5.41, 5.74) is 1.51. The number of amides is 1. The Bertz CT molecular complexity index is 705. The minimum atomic E-state index is -0.469. The first-order chi connectivity index (χ1) is 10.7. The molecule has 0 aliphatic carbocycles. The van der Waals surface area contributed by atoms with Crippen molar-refractivity contribution in [1.82, 2.24) is 15.0 Å². The second-order valence-corrected chi connectivity index (χ2v) is 4.91. The van der Waals surface area contributed by atoms with E-state index in [-0.39, 0.29) is 30.8 Å². The van der Waals surface area contributed by atoms with E-state index in [9.17, 15) is 9.59 Å². The van der Waals surface area contributed by atoms with Crippen molar-refractivity contribution in [3.05, 3.63) is 36.8 Å². The van der Waals surface area contributed by atoms with Gasteiger partial charge in [-0.15, -0.1) is 0 Å². The molecule has 0 spiro atoms. The van der Waals surface area contributed by atoms with Gasteiger partial charge in [0, 0.05) is 37.1 Å². The monoisotopic (exact) mass is 298 g/mol. The Balaban J connectivity index is 1.87. The maximum atomic E-state index is 12.1. The van der Waals surface area contributed by atoms with Gasteiger partial charge in [-0.3, -0.25) is 19.5 Å². The molecule has 3 heterocycles. The van der Waals surface area contributed by atoms with E-state index in [2.05, 4.69) is 15.0 Å². The number of carbonyl (C=O) groups excluding carboxylic acids is 2. The van der Waals surface area contributed by atoms with Gasteiger partial charge in [-0.25, -0.2) is 9.97 Å². The van der Waals surface area contributed by atoms with E-state index in [1.54, 1.807) is 24.7 Å². The van der Waals surface area contributed by atoms with Crippen molar-refractivity contribution >= 4 is 17.8 Å². The molecule has 0 saturated carbocycles. The zero-order valence-electron chi connectivity index (χ0n) is 12.0. The summed E-state index contributed by atoms with van der Waals surface area (Å²) in [7, 11) is 1.31. The SMILES string of the molecule is COC(=O)C1CC(=O)N(c2nccc(-c3cccnc3)n2)C1. The second-order valence-electron chi connectivity index (χ2n) is 4.91. The van der Waals surface area contributed by atoms with Crippen LogP contribution in [0.15, 0.2) is 36.8 Å². The summed E-state index contributed by atoms with van der Waals surface area (Å²) in [6.45, 7) is 0.238. The summed E-state index contributed by atoms with van der Waals surface area (Å²) in [6, 6.07) is 5.44. The van der Waals surface area contributed by atoms with Crippen molar-refractivity contribution in [3.63, 3.8) is 0 Å². The molecule has 0 radical (unpaired) electrons. The third-order valence-electron chi connectivity index (χ3n) is 3.50. The summed E-state index contributed by atoms with van der Waals surface area (Å²) >= 11 is 0. The minimum Gasteiger partial charge on any atom is -0.469 e. The largest absolute Gasteiger partial charge is 0.469 e. The molecule has 1 saturated heterocycles. The molecule has 1 unspecified atom stereocenters. The van der Waals surface area contributed by atoms with Crippen molar-refractivity contribution in [1.29, 1.82) is 0 Å². The molecule has 7 nitrogen and oxygen atoms in total. The van der Waals surface area contributed by atoms with Gasteiger partial charge in [0.05, 0.1) is 18.7 Å². The number of carbonyl (C=O) groups is 2. The Labute approximate surface area is 127 Å². The number of hydrogen-bond donors (Lipinski definition) is 0. The molecule has 22 heavy (non-hydrogen) atoms. The number of anilines is 1. The van der Waals surface area contributed by atoms with Crippen LogP contribution in [0.1, 0.15) is 6.42 Å². The van der Waals surface area contributed by atoms with Gasteiger partial charge < -0.3 is 4.74 Å². The molecule has 0 aromatic carbocycles. The normalized spacial score (nSPS) is 17.6. The first-order valence-electron chi connectivity index (χ1n) is 6.80. The number of pyridine rings is 1. The van der Waals surface area contributed by atoms with Crippen LogP contribution in [0.2, 0.25) is 0 Å². The van der Waals surface area contributed by atoms with Crippen LogP contribution in [0.25, 0.3) is 11.3 Å². The second kappa shape index (κ2) is 5.88. The first kappa shape index (κ1) is 14.1. The van der Waals surface area contributed by atoms with E-state index in [0.29, 0.717) is 5.69 Å². The molecule has 1 amide bonds. The fourth-order valence-corrected chi connectivity index (χ4v) is 2.38. The Morgan fingerprint density at radius 1 is 1.36 bits per heavy atom. The number of aromatic nitrogens is 3. The maximum Gasteiger partial charge on any atom is 0.311 e. The van der Waals surface area contributed by atoms with Crippen LogP contribution in [0, 0.1) is 5.92 Å². The van der Waals surface area contributed by atoms with E-state index < -0.39 is 5.92 Å². The molecule has 112 valence electrons. The molecule has 1 fully saturated rings. The van der Waals surface area contributed by atoms with Gasteiger partial charge in [-0.1, -0.05) is 0 Å². The summed E-state index contributed by atoms with van der Waals surface area (Å²) in [4.78, 5) is 37.7. The molecule has 1 aliphatic heterocycles. The van der Waals surface area contributed by atoms with Gasteiger partial charge >= 0.3 is 5.97 Å². The van der Waals surface area contributed by atoms with Crippen molar-refractivity contribution in [2.24, 2.45) is 5.92 Å². The van der Waals surface area contributed by atoms with Crippen molar-refractivity contribution in [2.45, 2.75) is 6.42 Å². The van der Waals surface area contributed by atoms with Crippen molar-refractivity contribution < 1.29 is 14.3 Å². The average molecular weight is 298 g/mol. The lowest BCUT2D eigenvalue weighted by Crippen LogP contribution is -2.28. The van der Waals surface area contributed by atoms with Crippen molar-refractivity contribution in [3.8, 4) is 11.3 Å². The molecule has 7 heteroatoms. The lowest BCUT2D eigenvalue weighted by atomic mass is 10.1. The van der Waals surface area contributed by atoms with Crippen LogP contribution in [0.3, 0.4) is 0 Å². The molecular weight excluding hydrogens is 284 g/mol. The first-order valence-corrected chi connectivity index (χ1v) is 6.80. The third kappa shape index (κ3) is 2.65. The smallest absolute Gasteiger partial charge is 0.311 e. The van der Waals surface area contributed by atoms with Crippen LogP contribution in [0.4, 0.5) is 5.95 Å². The molecular formula is C15H14N4O3. The lowest BCUT2D eigenvalue weighted by molar-refractivity contribution is -0.145. The summed E-state index contributed by atoms with van der Waals surface area (Å²) in [5, 5.41) is 0. The predicted molar refractivity (Wildman–Crippen MR) is 77.7 cm³/mol. The van der Waals surface area contributed by atoms with Gasteiger partial charge in [-0.05, 0) is 18.2 Å². The lowest BCUT2D eigenvalue weighted by Gasteiger charge is -2.14. The molecule has 3 rings (SSSR count). The standard InChI is InChI=1S/C15H14N4O3/c1-22-14(21)11-7-13(20)19(9-11)15-17-6-4-12(18-15)10-3-2-5-16-8-10/h2-6,8,11H,7,9H2,1H3. The van der Waals surface area contributed by atoms with Crippen LogP contribution < -0.4 is 4.90 Å². The third-order valence-corrected chi connectivity index (χ3v) is 3.50. The van der Waals surface area contributed by atoms with E-state index in [1.165, 1.54) is 12.0 Å². The molecule has 1 aliphatic rings. The fraction of sp³-hybridized carbons (Fsp3) is 0.267. The van der Waals surface area contributed by atoms with Crippen molar-refractivity contribution in [2.75, 3.05) is 18.6 Å². The van der Waals surface area contributed by atoms with Crippen LogP contribution in [0.5, 0.6) is 0 Å². The van der Waals surface area contributed by atoms with Crippen LogP contribution in [-0.4, -0.2) is 40.5 Å². The number of methoxy groups -OCH3 is 1. The summed E-state index contributed by atoms with van der Waals surface area (Å²) in [6.07, 6.45) is 5.07. The van der Waals surface area contributed by atoms with E-state index >= 15 is 0 Å². The molecule has 0 N–H and O–H groups in total. The minimum absolute atomic E-state index is 0.118. The highest BCUT2D eigenvalue weighted by atomic mass is 16.5. The molecule has 0 bridgehead atoms. The highest BCUT2D eigenvalue weighted by Crippen LogP contribution is 2.24. The summed E-state index contributed by atoms with van der Waals surface area (Å²) in [5.74, 6) is -0.751. The topological polar surface area (TPSA) is 85.3 Å². The van der Waals surface area contributed by atoms with Crippen LogP contribution >= 0.6 is 0 Å². The Hall–Kier alpha value is -2.83. The predicted octanol–water partition coefficient (Wildman–Crippen LogP) is 1.06. The quantitative estimate of drug-likeness (QED) is 0.788. The number of rotatable bonds is 3. The van der Waals surface area contributed by atoms with Gasteiger partial charge in [0.15, 0.2) is 0 Å². The Morgan fingerprint density at radius 2 is 2.23 bits per heavy atom. The highest BCUT2D eigenvalue weighted by molar-refractivity contribution is 5.98. The van der Waals surface area contributed by atoms with E-state index in [4.69, 9.17) is 4.74 Å². The average Bonchev–Trinajstić information content (AvgIpc) is 2.97. The number of hydrogen-bond acceptors (Lipinski definition) is 6. The van der Waals surface area contributed by atoms with Crippen LogP contribution in [-0.2, 0) is 14.3 Å². The molecule has 1 atom stereocenters. The van der Waals surface area contributed by atoms with Gasteiger partial charge in [-0.2, -0.15) is 0 Å². The number of nitrogens with zero attached hydrogens (tertiary/aromatic N) is 4. The van der Waals surface area contributed by atoms with Gasteiger partial charge in [0.2, 0.25) is 11.9 Å². The van der Waals surface area contributed by atoms with E-state index in [1.807, 2.05) is 12.1 Å². The fourth-order valence-electron chi connectivity index (χ4n) is 2.38. The Kier molecular flexibility index (Phi) is 3.78. The highest BCUT2D eigenvalue weighted by Gasteiger charge is 2.37. The molecule has 2 aromatic heterocycles. The van der Waals surface area contributed by atoms with Gasteiger partial charge in [0.1, 0.15) is 0 Å². The molecule has 2 aromatic rings. The summed E-state index contributed by atoms with van der Waals surface area (Å²) < 4.78 is 4.69. The van der Waals surface area contributed by atoms with E-state index in [0.717, 1.165) is 5.56 Å².